The van der Waals surface area contributed by atoms with E-state index < -0.39 is 0 Å². The molecule has 0 saturated heterocycles. The predicted octanol–water partition coefficient (Wildman–Crippen LogP) is 3.53. The summed E-state index contributed by atoms with van der Waals surface area (Å²) in [5, 5.41) is 6.27. The number of hydrogen-bond acceptors (Lipinski definition) is 3. The Morgan fingerprint density at radius 3 is 2.77 bits per heavy atom. The number of benzene rings is 1. The lowest BCUT2D eigenvalue weighted by atomic mass is 10.1. The van der Waals surface area contributed by atoms with Crippen LogP contribution in [0.25, 0.3) is 0 Å². The average Bonchev–Trinajstić information content (AvgIpc) is 2.54. The van der Waals surface area contributed by atoms with Crippen LogP contribution in [0.4, 0.5) is 5.69 Å². The third-order valence-electron chi connectivity index (χ3n) is 3.73. The van der Waals surface area contributed by atoms with Crippen molar-refractivity contribution in [1.82, 2.24) is 10.3 Å². The van der Waals surface area contributed by atoms with Crippen LogP contribution in [0.3, 0.4) is 0 Å². The van der Waals surface area contributed by atoms with E-state index in [1.807, 2.05) is 32.0 Å². The van der Waals surface area contributed by atoms with E-state index >= 15 is 0 Å². The normalized spacial score (nSPS) is 11.8. The molecule has 1 heterocycles. The lowest BCUT2D eigenvalue weighted by Gasteiger charge is -2.12. The maximum absolute atomic E-state index is 12.1. The van der Waals surface area contributed by atoms with Crippen LogP contribution in [0.5, 0.6) is 0 Å². The maximum atomic E-state index is 12.1. The number of hydrogen-bond donors (Lipinski definition) is 2. The van der Waals surface area contributed by atoms with Gasteiger partial charge in [0, 0.05) is 25.0 Å². The fourth-order valence-electron chi connectivity index (χ4n) is 2.08. The molecule has 0 bridgehead atoms. The first-order chi connectivity index (χ1) is 10.6. The Hall–Kier alpha value is -2.36. The highest BCUT2D eigenvalue weighted by molar-refractivity contribution is 5.94. The number of aromatic nitrogens is 1. The molecule has 4 heteroatoms. The average molecular weight is 297 g/mol. The fourth-order valence-corrected chi connectivity index (χ4v) is 2.08. The highest BCUT2D eigenvalue weighted by Crippen LogP contribution is 2.13. The molecule has 1 amide bonds. The van der Waals surface area contributed by atoms with Crippen LogP contribution < -0.4 is 10.6 Å². The minimum atomic E-state index is -0.0820. The van der Waals surface area contributed by atoms with Crippen molar-refractivity contribution in [2.45, 2.75) is 39.8 Å². The van der Waals surface area contributed by atoms with E-state index in [-0.39, 0.29) is 11.9 Å². The Bertz CT molecular complexity index is 640. The monoisotopic (exact) mass is 297 g/mol. The standard InChI is InChI=1S/C18H23N3O/c1-4-14(3)21-18(22)16-9-17(12-19-10-16)20-11-15-8-6-5-7-13(15)2/h5-10,12,14,20H,4,11H2,1-3H3,(H,21,22). The molecule has 0 aliphatic carbocycles. The van der Waals surface area contributed by atoms with Crippen molar-refractivity contribution < 1.29 is 4.79 Å². The number of aryl methyl sites for hydroxylation is 1. The Morgan fingerprint density at radius 2 is 2.05 bits per heavy atom. The molecule has 0 fully saturated rings. The van der Waals surface area contributed by atoms with Gasteiger partial charge in [0.1, 0.15) is 0 Å². The number of amides is 1. The van der Waals surface area contributed by atoms with Crippen LogP contribution in [0, 0.1) is 6.92 Å². The summed E-state index contributed by atoms with van der Waals surface area (Å²) < 4.78 is 0. The van der Waals surface area contributed by atoms with Crippen molar-refractivity contribution in [3.05, 3.63) is 59.4 Å². The van der Waals surface area contributed by atoms with Crippen molar-refractivity contribution in [2.24, 2.45) is 0 Å². The van der Waals surface area contributed by atoms with Crippen molar-refractivity contribution in [3.63, 3.8) is 0 Å². The Kier molecular flexibility index (Phi) is 5.53. The summed E-state index contributed by atoms with van der Waals surface area (Å²) in [6, 6.07) is 10.2. The van der Waals surface area contributed by atoms with E-state index in [0.717, 1.165) is 12.1 Å². The lowest BCUT2D eigenvalue weighted by molar-refractivity contribution is 0.0939. The molecule has 2 N–H and O–H groups in total. The minimum Gasteiger partial charge on any atom is -0.380 e. The van der Waals surface area contributed by atoms with Crippen LogP contribution in [0.1, 0.15) is 41.8 Å². The van der Waals surface area contributed by atoms with E-state index in [2.05, 4.69) is 34.7 Å². The SMILES string of the molecule is CCC(C)NC(=O)c1cncc(NCc2ccccc2C)c1. The van der Waals surface area contributed by atoms with Gasteiger partial charge in [-0.05, 0) is 37.5 Å². The number of anilines is 1. The Balaban J connectivity index is 2.02. The van der Waals surface area contributed by atoms with Crippen LogP contribution in [0.15, 0.2) is 42.7 Å². The molecule has 0 aliphatic heterocycles. The van der Waals surface area contributed by atoms with Crippen molar-refractivity contribution in [1.29, 1.82) is 0 Å². The van der Waals surface area contributed by atoms with Gasteiger partial charge in [0.25, 0.3) is 5.91 Å². The van der Waals surface area contributed by atoms with Crippen LogP contribution >= 0.6 is 0 Å². The van der Waals surface area contributed by atoms with E-state index in [4.69, 9.17) is 0 Å². The third-order valence-corrected chi connectivity index (χ3v) is 3.73. The van der Waals surface area contributed by atoms with Gasteiger partial charge in [-0.15, -0.1) is 0 Å². The molecule has 4 nitrogen and oxygen atoms in total. The second-order valence-corrected chi connectivity index (χ2v) is 5.53. The number of carbonyl (C=O) groups is 1. The van der Waals surface area contributed by atoms with Gasteiger partial charge in [-0.1, -0.05) is 31.2 Å². The van der Waals surface area contributed by atoms with Crippen LogP contribution in [-0.2, 0) is 6.54 Å². The Morgan fingerprint density at radius 1 is 1.27 bits per heavy atom. The van der Waals surface area contributed by atoms with Gasteiger partial charge in [-0.2, -0.15) is 0 Å². The zero-order valence-electron chi connectivity index (χ0n) is 13.4. The highest BCUT2D eigenvalue weighted by Gasteiger charge is 2.09. The van der Waals surface area contributed by atoms with E-state index in [0.29, 0.717) is 12.1 Å². The number of nitrogens with one attached hydrogen (secondary N) is 2. The van der Waals surface area contributed by atoms with Gasteiger partial charge in [-0.3, -0.25) is 9.78 Å². The predicted molar refractivity (Wildman–Crippen MR) is 90.0 cm³/mol. The third kappa shape index (κ3) is 4.32. The van der Waals surface area contributed by atoms with E-state index in [1.165, 1.54) is 11.1 Å². The molecule has 0 spiro atoms. The molecule has 2 rings (SSSR count). The van der Waals surface area contributed by atoms with Gasteiger partial charge in [0.05, 0.1) is 11.3 Å². The fraction of sp³-hybridized carbons (Fsp3) is 0.333. The molecule has 0 saturated carbocycles. The second-order valence-electron chi connectivity index (χ2n) is 5.53. The molecule has 1 aromatic carbocycles. The zero-order chi connectivity index (χ0) is 15.9. The summed E-state index contributed by atoms with van der Waals surface area (Å²) in [6.07, 6.45) is 4.24. The highest BCUT2D eigenvalue weighted by atomic mass is 16.1. The molecule has 2 aromatic rings. The topological polar surface area (TPSA) is 54.0 Å². The first-order valence-electron chi connectivity index (χ1n) is 7.64. The first kappa shape index (κ1) is 16.0. The quantitative estimate of drug-likeness (QED) is 0.857. The molecule has 116 valence electrons. The number of carbonyl (C=O) groups excluding carboxylic acids is 1. The van der Waals surface area contributed by atoms with Crippen molar-refractivity contribution >= 4 is 11.6 Å². The summed E-state index contributed by atoms with van der Waals surface area (Å²) in [7, 11) is 0. The van der Waals surface area contributed by atoms with Gasteiger partial charge in [-0.25, -0.2) is 0 Å². The van der Waals surface area contributed by atoms with E-state index in [1.54, 1.807) is 12.4 Å². The molecule has 1 atom stereocenters. The minimum absolute atomic E-state index is 0.0820. The molecule has 1 unspecified atom stereocenters. The molecular weight excluding hydrogens is 274 g/mol. The number of rotatable bonds is 6. The van der Waals surface area contributed by atoms with Crippen molar-refractivity contribution in [3.8, 4) is 0 Å². The Labute approximate surface area is 132 Å². The number of nitrogens with zero attached hydrogens (tertiary/aromatic N) is 1. The summed E-state index contributed by atoms with van der Waals surface area (Å²) in [5.74, 6) is -0.0820. The van der Waals surface area contributed by atoms with Crippen LogP contribution in [-0.4, -0.2) is 16.9 Å². The molecule has 0 radical (unpaired) electrons. The summed E-state index contributed by atoms with van der Waals surface area (Å²) >= 11 is 0. The van der Waals surface area contributed by atoms with Gasteiger partial charge >= 0.3 is 0 Å². The maximum Gasteiger partial charge on any atom is 0.253 e. The largest absolute Gasteiger partial charge is 0.380 e. The summed E-state index contributed by atoms with van der Waals surface area (Å²) in [4.78, 5) is 16.3. The molecule has 22 heavy (non-hydrogen) atoms. The summed E-state index contributed by atoms with van der Waals surface area (Å²) in [5.41, 5.74) is 3.90. The lowest BCUT2D eigenvalue weighted by Crippen LogP contribution is -2.32. The van der Waals surface area contributed by atoms with Crippen molar-refractivity contribution in [2.75, 3.05) is 5.32 Å². The molecular formula is C18H23N3O. The summed E-state index contributed by atoms with van der Waals surface area (Å²) in [6.45, 7) is 6.84. The van der Waals surface area contributed by atoms with E-state index in [9.17, 15) is 4.79 Å². The van der Waals surface area contributed by atoms with Gasteiger partial charge in [0.2, 0.25) is 0 Å². The molecule has 0 aliphatic rings. The number of pyridine rings is 1. The van der Waals surface area contributed by atoms with Gasteiger partial charge < -0.3 is 10.6 Å². The van der Waals surface area contributed by atoms with Gasteiger partial charge in [0.15, 0.2) is 0 Å². The first-order valence-corrected chi connectivity index (χ1v) is 7.64. The second kappa shape index (κ2) is 7.59. The smallest absolute Gasteiger partial charge is 0.253 e. The van der Waals surface area contributed by atoms with Crippen LogP contribution in [0.2, 0.25) is 0 Å². The zero-order valence-corrected chi connectivity index (χ0v) is 13.4. The molecule has 1 aromatic heterocycles.